The number of hydrogen-bond acceptors (Lipinski definition) is 6. The first-order valence-corrected chi connectivity index (χ1v) is 14.8. The fourth-order valence-electron chi connectivity index (χ4n) is 4.35. The van der Waals surface area contributed by atoms with Crippen molar-refractivity contribution in [3.8, 4) is 11.5 Å². The highest BCUT2D eigenvalue weighted by atomic mass is 16.5. The van der Waals surface area contributed by atoms with Crippen LogP contribution in [0.3, 0.4) is 0 Å². The molecule has 0 fully saturated rings. The average Bonchev–Trinajstić information content (AvgIpc) is 2.99. The summed E-state index contributed by atoms with van der Waals surface area (Å²) in [6.07, 6.45) is 8.47. The third-order valence-corrected chi connectivity index (χ3v) is 6.74. The first-order chi connectivity index (χ1) is 19.7. The number of nitrogens with one attached hydrogen (secondary N) is 1. The van der Waals surface area contributed by atoms with Crippen molar-refractivity contribution in [1.82, 2.24) is 0 Å². The number of rotatable bonds is 13. The summed E-state index contributed by atoms with van der Waals surface area (Å²) >= 11 is 0. The summed E-state index contributed by atoms with van der Waals surface area (Å²) in [5.41, 5.74) is 16.2. The van der Waals surface area contributed by atoms with Gasteiger partial charge in [0.05, 0.1) is 11.6 Å². The van der Waals surface area contributed by atoms with Gasteiger partial charge >= 0.3 is 0 Å². The van der Waals surface area contributed by atoms with E-state index in [0.717, 1.165) is 28.7 Å². The zero-order chi connectivity index (χ0) is 30.8. The van der Waals surface area contributed by atoms with Crippen molar-refractivity contribution < 1.29 is 14.6 Å². The van der Waals surface area contributed by atoms with Crippen LogP contribution in [0.1, 0.15) is 117 Å². The van der Waals surface area contributed by atoms with Crippen LogP contribution in [0.5, 0.6) is 11.5 Å². The smallest absolute Gasteiger partial charge is 0.163 e. The molecule has 6 N–H and O–H groups in total. The minimum atomic E-state index is -0.281. The van der Waals surface area contributed by atoms with Crippen LogP contribution in [0.4, 0.5) is 0 Å². The van der Waals surface area contributed by atoms with Crippen LogP contribution < -0.4 is 16.2 Å². The molecule has 6 nitrogen and oxygen atoms in total. The molecule has 3 rings (SSSR count). The zero-order valence-electron chi connectivity index (χ0n) is 25.9. The molecule has 3 aromatic rings. The highest BCUT2D eigenvalue weighted by Crippen LogP contribution is 2.33. The van der Waals surface area contributed by atoms with Gasteiger partial charge < -0.3 is 26.7 Å². The monoisotopic (exact) mass is 561 g/mol. The van der Waals surface area contributed by atoms with Crippen LogP contribution in [0, 0.1) is 5.41 Å². The van der Waals surface area contributed by atoms with Gasteiger partial charge in [0.25, 0.3) is 0 Å². The summed E-state index contributed by atoms with van der Waals surface area (Å²) in [6, 6.07) is 18.8. The van der Waals surface area contributed by atoms with Crippen molar-refractivity contribution in [2.24, 2.45) is 11.5 Å². The Balaban J connectivity index is 0.000000816. The molecule has 0 saturated heterocycles. The normalized spacial score (nSPS) is 10.9. The van der Waals surface area contributed by atoms with Gasteiger partial charge in [0.2, 0.25) is 0 Å². The first kappa shape index (κ1) is 35.5. The van der Waals surface area contributed by atoms with Crippen LogP contribution in [0.15, 0.2) is 60.7 Å². The van der Waals surface area contributed by atoms with E-state index in [1.54, 1.807) is 19.1 Å². The zero-order valence-corrected chi connectivity index (χ0v) is 25.9. The summed E-state index contributed by atoms with van der Waals surface area (Å²) < 4.78 is 5.99. The van der Waals surface area contributed by atoms with Crippen LogP contribution in [-0.2, 0) is 13.0 Å². The highest BCUT2D eigenvalue weighted by Gasteiger charge is 2.16. The van der Waals surface area contributed by atoms with E-state index in [0.29, 0.717) is 35.6 Å². The summed E-state index contributed by atoms with van der Waals surface area (Å²) in [5.74, 6) is 0.439. The van der Waals surface area contributed by atoms with Crippen LogP contribution in [0.25, 0.3) is 0 Å². The molecule has 0 amide bonds. The molecule has 0 aromatic heterocycles. The number of ketones is 1. The number of carbonyl (C=O) groups is 1. The van der Waals surface area contributed by atoms with Crippen LogP contribution >= 0.6 is 0 Å². The molecular formula is C35H51N3O3. The molecule has 0 spiro atoms. The van der Waals surface area contributed by atoms with Gasteiger partial charge in [-0.2, -0.15) is 0 Å². The number of phenols is 1. The molecule has 41 heavy (non-hydrogen) atoms. The second kappa shape index (κ2) is 19.6. The summed E-state index contributed by atoms with van der Waals surface area (Å²) in [4.78, 5) is 11.7. The van der Waals surface area contributed by atoms with Gasteiger partial charge in [0.15, 0.2) is 5.78 Å². The Morgan fingerprint density at radius 1 is 0.878 bits per heavy atom. The minimum Gasteiger partial charge on any atom is -0.507 e. The van der Waals surface area contributed by atoms with Crippen LogP contribution in [0.2, 0.25) is 0 Å². The molecule has 0 aliphatic heterocycles. The maximum Gasteiger partial charge on any atom is 0.163 e. The molecule has 0 radical (unpaired) electrons. The third-order valence-electron chi connectivity index (χ3n) is 6.74. The summed E-state index contributed by atoms with van der Waals surface area (Å²) in [5, 5.41) is 18.3. The second-order valence-electron chi connectivity index (χ2n) is 10.1. The fraction of sp³-hybridized carbons (Fsp3) is 0.429. The number of carbonyl (C=O) groups excluding carboxylic acids is 1. The lowest BCUT2D eigenvalue weighted by Crippen LogP contribution is -2.12. The van der Waals surface area contributed by atoms with Crippen molar-refractivity contribution in [2.45, 2.75) is 92.2 Å². The van der Waals surface area contributed by atoms with Gasteiger partial charge in [-0.25, -0.2) is 0 Å². The predicted molar refractivity (Wildman–Crippen MR) is 172 cm³/mol. The van der Waals surface area contributed by atoms with E-state index in [4.69, 9.17) is 15.9 Å². The largest absolute Gasteiger partial charge is 0.507 e. The minimum absolute atomic E-state index is 0.0144. The predicted octanol–water partition coefficient (Wildman–Crippen LogP) is 8.11. The van der Waals surface area contributed by atoms with Gasteiger partial charge in [0.1, 0.15) is 18.1 Å². The number of ether oxygens (including phenoxy) is 1. The van der Waals surface area contributed by atoms with Crippen LogP contribution in [-0.4, -0.2) is 23.6 Å². The average molecular weight is 562 g/mol. The Bertz CT molecular complexity index is 1200. The molecule has 3 aromatic carbocycles. The number of hydrogen-bond donors (Lipinski definition) is 4. The Morgan fingerprint density at radius 2 is 1.51 bits per heavy atom. The lowest BCUT2D eigenvalue weighted by molar-refractivity contribution is 0.101. The van der Waals surface area contributed by atoms with E-state index >= 15 is 0 Å². The lowest BCUT2D eigenvalue weighted by Gasteiger charge is -2.16. The number of unbranched alkanes of at least 4 members (excludes halogenated alkanes) is 4. The van der Waals surface area contributed by atoms with Crippen molar-refractivity contribution in [3.63, 3.8) is 0 Å². The lowest BCUT2D eigenvalue weighted by atomic mass is 9.96. The third kappa shape index (κ3) is 11.5. The van der Waals surface area contributed by atoms with E-state index in [2.05, 4.69) is 19.6 Å². The SMILES string of the molecule is CCCCCCC.CCCc1c(OCc2ccc(C(N)c3cccc(C(C)=N)c3)cc2)ccc(C(C)=O)c1O.CN. The molecule has 0 aliphatic rings. The molecule has 0 heterocycles. The molecule has 0 saturated carbocycles. The molecule has 1 unspecified atom stereocenters. The molecule has 1 atom stereocenters. The summed E-state index contributed by atoms with van der Waals surface area (Å²) in [7, 11) is 1.50. The molecule has 0 bridgehead atoms. The molecular weight excluding hydrogens is 510 g/mol. The molecule has 0 aliphatic carbocycles. The van der Waals surface area contributed by atoms with Crippen molar-refractivity contribution >= 4 is 11.5 Å². The van der Waals surface area contributed by atoms with E-state index in [1.807, 2.05) is 55.5 Å². The van der Waals surface area contributed by atoms with Gasteiger partial charge in [-0.3, -0.25) is 4.79 Å². The van der Waals surface area contributed by atoms with Gasteiger partial charge in [-0.1, -0.05) is 102 Å². The number of phenolic OH excluding ortho intramolecular Hbond substituents is 1. The van der Waals surface area contributed by atoms with Crippen molar-refractivity contribution in [2.75, 3.05) is 7.05 Å². The van der Waals surface area contributed by atoms with E-state index < -0.39 is 0 Å². The van der Waals surface area contributed by atoms with Gasteiger partial charge in [-0.15, -0.1) is 0 Å². The Morgan fingerprint density at radius 3 is 2.05 bits per heavy atom. The van der Waals surface area contributed by atoms with E-state index in [9.17, 15) is 9.90 Å². The number of Topliss-reactive ketones (excluding diaryl/α,β-unsaturated/α-hetero) is 1. The maximum atomic E-state index is 11.7. The quantitative estimate of drug-likeness (QED) is 0.0953. The fourth-order valence-corrected chi connectivity index (χ4v) is 4.35. The Labute approximate surface area is 247 Å². The van der Waals surface area contributed by atoms with E-state index in [1.165, 1.54) is 46.1 Å². The number of aromatic hydroxyl groups is 1. The molecule has 224 valence electrons. The van der Waals surface area contributed by atoms with Crippen molar-refractivity contribution in [3.05, 3.63) is 94.0 Å². The van der Waals surface area contributed by atoms with E-state index in [-0.39, 0.29) is 17.6 Å². The highest BCUT2D eigenvalue weighted by molar-refractivity contribution is 5.97. The number of nitrogens with two attached hydrogens (primary N) is 2. The van der Waals surface area contributed by atoms with Gasteiger partial charge in [0, 0.05) is 11.3 Å². The van der Waals surface area contributed by atoms with Crippen molar-refractivity contribution in [1.29, 1.82) is 5.41 Å². The Kier molecular flexibility index (Phi) is 17.0. The molecule has 6 heteroatoms. The van der Waals surface area contributed by atoms with Gasteiger partial charge in [-0.05, 0) is 67.8 Å². The number of benzene rings is 3. The second-order valence-corrected chi connectivity index (χ2v) is 10.1. The summed E-state index contributed by atoms with van der Waals surface area (Å²) in [6.45, 7) is 10.1. The standard InChI is InChI=1S/C27H30N2O3.C7H16.CH5N/c1-4-6-24-25(14-13-23(18(3)30)27(24)31)32-16-19-9-11-20(12-10-19)26(29)22-8-5-7-21(15-22)17(2)28;1-3-5-7-6-4-2;1-2/h5,7-15,26,28,31H,4,6,16,29H2,1-3H3;3-7H2,1-2H3;2H2,1H3. The Hall–Kier alpha value is -3.48. The topological polar surface area (TPSA) is 122 Å². The maximum absolute atomic E-state index is 11.7. The first-order valence-electron chi connectivity index (χ1n) is 14.8.